The quantitative estimate of drug-likeness (QED) is 0.810. The molecule has 2 unspecified atom stereocenters. The van der Waals surface area contributed by atoms with E-state index in [9.17, 15) is 9.70 Å². The predicted octanol–water partition coefficient (Wildman–Crippen LogP) is 1.86. The van der Waals surface area contributed by atoms with Gasteiger partial charge >= 0.3 is 5.97 Å². The Hall–Kier alpha value is -1.91. The molecule has 17 heavy (non-hydrogen) atoms. The zero-order valence-electron chi connectivity index (χ0n) is 9.32. The predicted molar refractivity (Wildman–Crippen MR) is 62.3 cm³/mol. The Bertz CT molecular complexity index is 407. The van der Waals surface area contributed by atoms with Crippen molar-refractivity contribution in [3.8, 4) is 0 Å². The molecular formula is C12H14N2O3. The second-order valence-corrected chi connectivity index (χ2v) is 4.33. The molecular weight excluding hydrogens is 220 g/mol. The lowest BCUT2D eigenvalue weighted by Crippen LogP contribution is -2.39. The summed E-state index contributed by atoms with van der Waals surface area (Å²) in [7, 11) is 0. The van der Waals surface area contributed by atoms with E-state index < -0.39 is 11.9 Å². The number of nitrogens with zero attached hydrogens (tertiary/aromatic N) is 2. The molecule has 1 saturated heterocycles. The fourth-order valence-corrected chi connectivity index (χ4v) is 2.29. The maximum Gasteiger partial charge on any atom is 0.308 e. The molecule has 1 N–H and O–H groups in total. The van der Waals surface area contributed by atoms with E-state index in [4.69, 9.17) is 5.11 Å². The minimum Gasteiger partial charge on any atom is -0.481 e. The third-order valence-corrected chi connectivity index (χ3v) is 3.17. The molecule has 5 nitrogen and oxygen atoms in total. The van der Waals surface area contributed by atoms with E-state index in [1.54, 1.807) is 0 Å². The average Bonchev–Trinajstić information content (AvgIpc) is 2.39. The normalized spacial score (nSPS) is 24.4. The average molecular weight is 234 g/mol. The Kier molecular flexibility index (Phi) is 3.37. The molecule has 1 fully saturated rings. The van der Waals surface area contributed by atoms with Crippen molar-refractivity contribution in [3.05, 3.63) is 40.8 Å². The number of piperidine rings is 1. The first kappa shape index (κ1) is 11.6. The standard InChI is InChI=1S/C12H14N2O3/c15-12(16)11-6-10(7-14(8-11)13-17)9-4-2-1-3-5-9/h1-5,10-11H,6-8H2,(H,15,16). The molecule has 2 rings (SSSR count). The second kappa shape index (κ2) is 4.95. The van der Waals surface area contributed by atoms with Crippen molar-refractivity contribution >= 4 is 5.97 Å². The Morgan fingerprint density at radius 1 is 1.29 bits per heavy atom. The fraction of sp³-hybridized carbons (Fsp3) is 0.417. The number of carbonyl (C=O) groups is 1. The number of nitroso groups, excluding NO2 is 1. The van der Waals surface area contributed by atoms with Crippen molar-refractivity contribution in [3.63, 3.8) is 0 Å². The van der Waals surface area contributed by atoms with E-state index in [0.717, 1.165) is 5.56 Å². The van der Waals surface area contributed by atoms with E-state index in [2.05, 4.69) is 5.29 Å². The lowest BCUT2D eigenvalue weighted by Gasteiger charge is -2.32. The van der Waals surface area contributed by atoms with Crippen LogP contribution in [0.15, 0.2) is 35.6 Å². The van der Waals surface area contributed by atoms with Gasteiger partial charge < -0.3 is 5.11 Å². The zero-order valence-corrected chi connectivity index (χ0v) is 9.32. The highest BCUT2D eigenvalue weighted by molar-refractivity contribution is 5.70. The molecule has 1 aromatic rings. The Balaban J connectivity index is 2.17. The van der Waals surface area contributed by atoms with E-state index >= 15 is 0 Å². The van der Waals surface area contributed by atoms with Crippen LogP contribution >= 0.6 is 0 Å². The second-order valence-electron chi connectivity index (χ2n) is 4.33. The van der Waals surface area contributed by atoms with Crippen LogP contribution in [0.25, 0.3) is 0 Å². The third kappa shape index (κ3) is 2.61. The highest BCUT2D eigenvalue weighted by Gasteiger charge is 2.32. The summed E-state index contributed by atoms with van der Waals surface area (Å²) >= 11 is 0. The smallest absolute Gasteiger partial charge is 0.308 e. The van der Waals surface area contributed by atoms with Gasteiger partial charge in [0.2, 0.25) is 0 Å². The molecule has 0 radical (unpaired) electrons. The van der Waals surface area contributed by atoms with Crippen LogP contribution in [0.4, 0.5) is 0 Å². The number of carboxylic acids is 1. The van der Waals surface area contributed by atoms with Crippen molar-refractivity contribution in [2.24, 2.45) is 11.2 Å². The van der Waals surface area contributed by atoms with Crippen LogP contribution in [-0.2, 0) is 4.79 Å². The number of benzene rings is 1. The lowest BCUT2D eigenvalue weighted by atomic mass is 9.85. The summed E-state index contributed by atoms with van der Waals surface area (Å²) in [5.74, 6) is -1.32. The number of carboxylic acid groups (broad SMARTS) is 1. The van der Waals surface area contributed by atoms with Gasteiger partial charge in [-0.25, -0.2) is 0 Å². The van der Waals surface area contributed by atoms with Crippen molar-refractivity contribution in [1.82, 2.24) is 5.01 Å². The number of aliphatic carboxylic acids is 1. The minimum absolute atomic E-state index is 0.0590. The van der Waals surface area contributed by atoms with Gasteiger partial charge in [-0.3, -0.25) is 9.80 Å². The number of rotatable bonds is 3. The van der Waals surface area contributed by atoms with Crippen LogP contribution in [0.2, 0.25) is 0 Å². The lowest BCUT2D eigenvalue weighted by molar-refractivity contribution is -0.143. The van der Waals surface area contributed by atoms with Crippen LogP contribution in [-0.4, -0.2) is 29.2 Å². The maximum absolute atomic E-state index is 11.0. The minimum atomic E-state index is -0.862. The first-order valence-electron chi connectivity index (χ1n) is 5.56. The van der Waals surface area contributed by atoms with Crippen molar-refractivity contribution in [1.29, 1.82) is 0 Å². The van der Waals surface area contributed by atoms with E-state index in [1.807, 2.05) is 30.3 Å². The summed E-state index contributed by atoms with van der Waals surface area (Å²) in [5, 5.41) is 13.2. The molecule has 1 aliphatic heterocycles. The Labute approximate surface area is 99.0 Å². The summed E-state index contributed by atoms with van der Waals surface area (Å²) in [4.78, 5) is 21.6. The molecule has 0 amide bonds. The summed E-state index contributed by atoms with van der Waals surface area (Å²) in [6.45, 7) is 0.708. The van der Waals surface area contributed by atoms with Gasteiger partial charge in [-0.05, 0) is 12.0 Å². The molecule has 1 heterocycles. The molecule has 1 aliphatic rings. The zero-order chi connectivity index (χ0) is 12.3. The molecule has 0 bridgehead atoms. The third-order valence-electron chi connectivity index (χ3n) is 3.17. The SMILES string of the molecule is O=NN1CC(C(=O)O)CC(c2ccccc2)C1. The molecule has 2 atom stereocenters. The van der Waals surface area contributed by atoms with Gasteiger partial charge in [0.05, 0.1) is 17.7 Å². The van der Waals surface area contributed by atoms with Crippen molar-refractivity contribution in [2.45, 2.75) is 12.3 Å². The summed E-state index contributed by atoms with van der Waals surface area (Å²) in [5.41, 5.74) is 1.06. The van der Waals surface area contributed by atoms with Crippen LogP contribution in [0.1, 0.15) is 17.9 Å². The first-order valence-corrected chi connectivity index (χ1v) is 5.56. The molecule has 90 valence electrons. The van der Waals surface area contributed by atoms with Gasteiger partial charge in [0.25, 0.3) is 0 Å². The molecule has 0 aliphatic carbocycles. The van der Waals surface area contributed by atoms with Gasteiger partial charge in [-0.15, -0.1) is 4.91 Å². The fourth-order valence-electron chi connectivity index (χ4n) is 2.29. The van der Waals surface area contributed by atoms with Crippen molar-refractivity contribution in [2.75, 3.05) is 13.1 Å². The van der Waals surface area contributed by atoms with Crippen LogP contribution in [0, 0.1) is 10.8 Å². The molecule has 5 heteroatoms. The van der Waals surface area contributed by atoms with E-state index in [-0.39, 0.29) is 12.5 Å². The first-order chi connectivity index (χ1) is 8.20. The Morgan fingerprint density at radius 2 is 2.00 bits per heavy atom. The van der Waals surface area contributed by atoms with E-state index in [0.29, 0.717) is 13.0 Å². The van der Waals surface area contributed by atoms with Crippen molar-refractivity contribution < 1.29 is 9.90 Å². The number of hydrogen-bond acceptors (Lipinski definition) is 3. The number of hydrogen-bond donors (Lipinski definition) is 1. The molecule has 1 aromatic carbocycles. The highest BCUT2D eigenvalue weighted by Crippen LogP contribution is 2.30. The van der Waals surface area contributed by atoms with Gasteiger partial charge in [0, 0.05) is 12.5 Å². The van der Waals surface area contributed by atoms with Gasteiger partial charge in [-0.2, -0.15) is 0 Å². The van der Waals surface area contributed by atoms with Gasteiger partial charge in [-0.1, -0.05) is 30.3 Å². The monoisotopic (exact) mass is 234 g/mol. The summed E-state index contributed by atoms with van der Waals surface area (Å²) in [6, 6.07) is 9.66. The highest BCUT2D eigenvalue weighted by atomic mass is 16.4. The van der Waals surface area contributed by atoms with E-state index in [1.165, 1.54) is 5.01 Å². The molecule has 0 saturated carbocycles. The summed E-state index contributed by atoms with van der Waals surface area (Å²) < 4.78 is 0. The molecule has 0 aromatic heterocycles. The Morgan fingerprint density at radius 3 is 2.59 bits per heavy atom. The van der Waals surface area contributed by atoms with Crippen LogP contribution in [0.5, 0.6) is 0 Å². The van der Waals surface area contributed by atoms with Crippen LogP contribution in [0.3, 0.4) is 0 Å². The van der Waals surface area contributed by atoms with Gasteiger partial charge in [0.1, 0.15) is 0 Å². The van der Waals surface area contributed by atoms with Gasteiger partial charge in [0.15, 0.2) is 0 Å². The van der Waals surface area contributed by atoms with Crippen LogP contribution < -0.4 is 0 Å². The summed E-state index contributed by atoms with van der Waals surface area (Å²) in [6.07, 6.45) is 0.561. The maximum atomic E-state index is 11.0. The molecule has 0 spiro atoms. The topological polar surface area (TPSA) is 70.0 Å². The largest absolute Gasteiger partial charge is 0.481 e.